The summed E-state index contributed by atoms with van der Waals surface area (Å²) in [6, 6.07) is 5.16. The summed E-state index contributed by atoms with van der Waals surface area (Å²) in [5.74, 6) is -2.06. The van der Waals surface area contributed by atoms with E-state index in [1.54, 1.807) is 19.3 Å². The number of hydrogen-bond acceptors (Lipinski definition) is 7. The van der Waals surface area contributed by atoms with E-state index in [9.17, 15) is 27.2 Å². The molecule has 4 rings (SSSR count). The van der Waals surface area contributed by atoms with Crippen LogP contribution in [0.3, 0.4) is 0 Å². The van der Waals surface area contributed by atoms with Gasteiger partial charge in [0, 0.05) is 32.5 Å². The van der Waals surface area contributed by atoms with Crippen LogP contribution in [0.5, 0.6) is 0 Å². The minimum absolute atomic E-state index is 0.0487. The molecule has 0 bridgehead atoms. The first-order valence-electron chi connectivity index (χ1n) is 11.6. The number of nitrogens with one attached hydrogen (secondary N) is 4. The van der Waals surface area contributed by atoms with Crippen molar-refractivity contribution in [1.29, 1.82) is 0 Å². The van der Waals surface area contributed by atoms with Gasteiger partial charge < -0.3 is 26.0 Å². The van der Waals surface area contributed by atoms with Gasteiger partial charge in [0.25, 0.3) is 5.91 Å². The van der Waals surface area contributed by atoms with E-state index in [-0.39, 0.29) is 53.8 Å². The molecule has 14 heteroatoms. The molecule has 3 aromatic rings. The third-order valence-corrected chi connectivity index (χ3v) is 6.33. The molecule has 206 valence electrons. The molecule has 9 nitrogen and oxygen atoms in total. The molecular formula is C25H23ClF4N6O3. The average Bonchev–Trinajstić information content (AvgIpc) is 3.38. The molecule has 0 spiro atoms. The van der Waals surface area contributed by atoms with Gasteiger partial charge >= 0.3 is 6.18 Å². The second-order valence-corrected chi connectivity index (χ2v) is 9.11. The van der Waals surface area contributed by atoms with Gasteiger partial charge in [-0.15, -0.1) is 0 Å². The van der Waals surface area contributed by atoms with E-state index >= 15 is 0 Å². The SMILES string of the molecule is CNc1cncc(C(=O)N[C@@]2(C(=O)NCc3ncc(Nc4ccc(F)cc4C(F)(F)F)cc3Cl)CCOC2)c1. The van der Waals surface area contributed by atoms with E-state index in [2.05, 4.69) is 31.2 Å². The number of alkyl halides is 3. The third-order valence-electron chi connectivity index (χ3n) is 6.00. The second kappa shape index (κ2) is 11.4. The van der Waals surface area contributed by atoms with Crippen molar-refractivity contribution in [2.45, 2.75) is 24.7 Å². The maximum Gasteiger partial charge on any atom is 0.418 e. The summed E-state index contributed by atoms with van der Waals surface area (Å²) in [6.07, 6.45) is -0.403. The maximum atomic E-state index is 13.4. The molecule has 1 saturated heterocycles. The predicted molar refractivity (Wildman–Crippen MR) is 135 cm³/mol. The minimum atomic E-state index is -4.78. The lowest BCUT2D eigenvalue weighted by atomic mass is 9.96. The van der Waals surface area contributed by atoms with Crippen molar-refractivity contribution in [3.05, 3.63) is 76.6 Å². The molecule has 1 aliphatic rings. The Morgan fingerprint density at radius 2 is 1.92 bits per heavy atom. The van der Waals surface area contributed by atoms with Crippen LogP contribution in [0.2, 0.25) is 5.02 Å². The van der Waals surface area contributed by atoms with E-state index < -0.39 is 34.9 Å². The van der Waals surface area contributed by atoms with Crippen LogP contribution in [0.15, 0.2) is 48.9 Å². The average molecular weight is 567 g/mol. The topological polar surface area (TPSA) is 117 Å². The Bertz CT molecular complexity index is 1380. The standard InChI is InChI=1S/C25H23ClF4N6O3/c1-31-16-6-14(9-32-10-16)22(37)36-24(4-5-39-13-24)23(38)34-12-21-19(26)8-17(11-33-21)35-20-3-2-15(27)7-18(20)25(28,29)30/h2-3,6-11,31,35H,4-5,12-13H2,1H3,(H,34,38)(H,36,37)/t24-/m0/s1. The largest absolute Gasteiger partial charge is 0.418 e. The molecule has 39 heavy (non-hydrogen) atoms. The smallest absolute Gasteiger partial charge is 0.387 e. The number of amides is 2. The van der Waals surface area contributed by atoms with Crippen LogP contribution in [0.4, 0.5) is 34.6 Å². The number of hydrogen-bond donors (Lipinski definition) is 4. The lowest BCUT2D eigenvalue weighted by Gasteiger charge is -2.27. The van der Waals surface area contributed by atoms with Crippen LogP contribution in [0.25, 0.3) is 0 Å². The van der Waals surface area contributed by atoms with Gasteiger partial charge in [-0.1, -0.05) is 11.6 Å². The fourth-order valence-electron chi connectivity index (χ4n) is 3.90. The van der Waals surface area contributed by atoms with Gasteiger partial charge in [-0.2, -0.15) is 13.2 Å². The van der Waals surface area contributed by atoms with Crippen molar-refractivity contribution in [1.82, 2.24) is 20.6 Å². The van der Waals surface area contributed by atoms with Crippen LogP contribution in [0, 0.1) is 5.82 Å². The van der Waals surface area contributed by atoms with Gasteiger partial charge in [0.1, 0.15) is 11.4 Å². The zero-order valence-corrected chi connectivity index (χ0v) is 21.2. The summed E-state index contributed by atoms with van der Waals surface area (Å²) in [5, 5.41) is 10.9. The molecule has 1 aliphatic heterocycles. The van der Waals surface area contributed by atoms with Gasteiger partial charge in [0.05, 0.1) is 58.3 Å². The Labute approximate surface area is 225 Å². The quantitative estimate of drug-likeness (QED) is 0.301. The summed E-state index contributed by atoms with van der Waals surface area (Å²) >= 11 is 6.28. The van der Waals surface area contributed by atoms with Crippen molar-refractivity contribution < 1.29 is 31.9 Å². The molecule has 4 N–H and O–H groups in total. The Morgan fingerprint density at radius 1 is 1.13 bits per heavy atom. The van der Waals surface area contributed by atoms with Crippen molar-refractivity contribution in [3.8, 4) is 0 Å². The fraction of sp³-hybridized carbons (Fsp3) is 0.280. The van der Waals surface area contributed by atoms with Crippen molar-refractivity contribution in [3.63, 3.8) is 0 Å². The normalized spacial score (nSPS) is 17.0. The lowest BCUT2D eigenvalue weighted by molar-refractivity contribution is -0.137. The summed E-state index contributed by atoms with van der Waals surface area (Å²) in [4.78, 5) is 34.1. The van der Waals surface area contributed by atoms with Gasteiger partial charge in [-0.05, 0) is 30.3 Å². The lowest BCUT2D eigenvalue weighted by Crippen LogP contribution is -2.59. The Hall–Kier alpha value is -3.97. The van der Waals surface area contributed by atoms with Gasteiger partial charge in [0.15, 0.2) is 0 Å². The number of anilines is 3. The van der Waals surface area contributed by atoms with Crippen molar-refractivity contribution in [2.75, 3.05) is 30.9 Å². The highest BCUT2D eigenvalue weighted by Crippen LogP contribution is 2.37. The van der Waals surface area contributed by atoms with Gasteiger partial charge in [0.2, 0.25) is 5.91 Å². The molecule has 1 fully saturated rings. The molecule has 0 unspecified atom stereocenters. The molecule has 1 aromatic carbocycles. The van der Waals surface area contributed by atoms with E-state index in [4.69, 9.17) is 16.3 Å². The molecule has 1 atom stereocenters. The van der Waals surface area contributed by atoms with E-state index in [1.165, 1.54) is 18.5 Å². The monoisotopic (exact) mass is 566 g/mol. The van der Waals surface area contributed by atoms with Crippen molar-refractivity contribution >= 4 is 40.5 Å². The summed E-state index contributed by atoms with van der Waals surface area (Å²) in [7, 11) is 1.68. The van der Waals surface area contributed by atoms with Crippen LogP contribution in [-0.2, 0) is 22.3 Å². The predicted octanol–water partition coefficient (Wildman–Crippen LogP) is 4.28. The number of halogens is 5. The zero-order valence-electron chi connectivity index (χ0n) is 20.5. The number of aromatic nitrogens is 2. The van der Waals surface area contributed by atoms with Crippen LogP contribution in [-0.4, -0.2) is 47.6 Å². The number of benzene rings is 1. The number of rotatable bonds is 8. The fourth-order valence-corrected chi connectivity index (χ4v) is 4.14. The van der Waals surface area contributed by atoms with Crippen molar-refractivity contribution in [2.24, 2.45) is 0 Å². The Kier molecular flexibility index (Phi) is 8.21. The van der Waals surface area contributed by atoms with E-state index in [0.717, 1.165) is 12.1 Å². The number of nitrogens with zero attached hydrogens (tertiary/aromatic N) is 2. The number of carbonyl (C=O) groups is 2. The minimum Gasteiger partial charge on any atom is -0.387 e. The summed E-state index contributed by atoms with van der Waals surface area (Å²) < 4.78 is 58.6. The van der Waals surface area contributed by atoms with E-state index in [1.807, 2.05) is 0 Å². The molecule has 3 heterocycles. The zero-order chi connectivity index (χ0) is 28.2. The highest BCUT2D eigenvalue weighted by atomic mass is 35.5. The van der Waals surface area contributed by atoms with Crippen LogP contribution >= 0.6 is 11.6 Å². The summed E-state index contributed by atoms with van der Waals surface area (Å²) in [6.45, 7) is 0.0782. The molecular weight excluding hydrogens is 544 g/mol. The third kappa shape index (κ3) is 6.55. The van der Waals surface area contributed by atoms with Gasteiger partial charge in [-0.25, -0.2) is 4.39 Å². The second-order valence-electron chi connectivity index (χ2n) is 8.70. The highest BCUT2D eigenvalue weighted by Gasteiger charge is 2.44. The maximum absolute atomic E-state index is 13.4. The van der Waals surface area contributed by atoms with Crippen LogP contribution in [0.1, 0.15) is 28.0 Å². The first-order valence-corrected chi connectivity index (χ1v) is 12.0. The molecule has 0 saturated carbocycles. The molecule has 0 radical (unpaired) electrons. The van der Waals surface area contributed by atoms with Crippen LogP contribution < -0.4 is 21.3 Å². The number of pyridine rings is 2. The molecule has 0 aliphatic carbocycles. The Morgan fingerprint density at radius 3 is 2.59 bits per heavy atom. The molecule has 2 aromatic heterocycles. The number of carbonyl (C=O) groups excluding carboxylic acids is 2. The highest BCUT2D eigenvalue weighted by molar-refractivity contribution is 6.31. The summed E-state index contributed by atoms with van der Waals surface area (Å²) in [5.41, 5.74) is -1.67. The van der Waals surface area contributed by atoms with E-state index in [0.29, 0.717) is 11.8 Å². The Balaban J connectivity index is 1.44. The van der Waals surface area contributed by atoms with Gasteiger partial charge in [-0.3, -0.25) is 19.6 Å². The first-order chi connectivity index (χ1) is 18.5. The number of ether oxygens (including phenoxy) is 1. The molecule has 2 amide bonds. The first kappa shape index (κ1) is 28.0.